The Hall–Kier alpha value is -0.220. The Morgan fingerprint density at radius 1 is 0.288 bits per heavy atom. The Morgan fingerprint density at radius 3 is 0.740 bits per heavy atom. The van der Waals surface area contributed by atoms with Crippen LogP contribution in [0.5, 0.6) is 0 Å². The molecule has 2 rings (SSSR count). The lowest BCUT2D eigenvalue weighted by molar-refractivity contribution is -0.257. The second-order valence-corrected chi connectivity index (χ2v) is 28.6. The van der Waals surface area contributed by atoms with Crippen molar-refractivity contribution in [3.05, 3.63) is 71.8 Å². The average molecular weight is 1240 g/mol. The number of hydrogen-bond acceptors (Lipinski definition) is 3. The van der Waals surface area contributed by atoms with Crippen LogP contribution < -0.4 is 0 Å². The van der Waals surface area contributed by atoms with E-state index in [0.29, 0.717) is 25.0 Å². The van der Waals surface area contributed by atoms with E-state index in [1.165, 1.54) is 136 Å². The van der Waals surface area contributed by atoms with Gasteiger partial charge in [0.15, 0.2) is 12.6 Å². The lowest BCUT2D eigenvalue weighted by atomic mass is 9.80. The third kappa shape index (κ3) is 36.6. The van der Waals surface area contributed by atoms with Crippen LogP contribution in [0.3, 0.4) is 0 Å². The van der Waals surface area contributed by atoms with Crippen LogP contribution in [-0.2, 0) is 27.4 Å². The van der Waals surface area contributed by atoms with E-state index in [9.17, 15) is 0 Å². The van der Waals surface area contributed by atoms with E-state index in [1.807, 2.05) is 0 Å². The molecule has 16 unspecified atom stereocenters. The molecule has 2 aromatic rings. The molecule has 0 spiro atoms. The second-order valence-electron chi connectivity index (χ2n) is 26.4. The summed E-state index contributed by atoms with van der Waals surface area (Å²) in [5.41, 5.74) is 2.38. The van der Waals surface area contributed by atoms with E-state index < -0.39 is 0 Å². The predicted octanol–water partition coefficient (Wildman–Crippen LogP) is 22.4. The summed E-state index contributed by atoms with van der Waals surface area (Å²) in [5, 5.41) is 0. The third-order valence-electron chi connectivity index (χ3n) is 16.5. The molecule has 0 aliphatic rings. The largest absolute Gasteiger partial charge is 0.348 e. The molecule has 0 aliphatic carbocycles. The van der Waals surface area contributed by atoms with Crippen LogP contribution in [-0.4, -0.2) is 21.4 Å². The Bertz CT molecular complexity index is 1430. The van der Waals surface area contributed by atoms with E-state index >= 15 is 0 Å². The average Bonchev–Trinajstić information content (AvgIpc) is 3.30. The van der Waals surface area contributed by atoms with Gasteiger partial charge in [0.05, 0.1) is 13.2 Å². The van der Waals surface area contributed by atoms with Crippen LogP contribution in [0.15, 0.2) is 60.7 Å². The van der Waals surface area contributed by atoms with Gasteiger partial charge in [-0.25, -0.2) is 0 Å². The van der Waals surface area contributed by atoms with Crippen LogP contribution in [0.1, 0.15) is 249 Å². The molecule has 0 heterocycles. The quantitative estimate of drug-likeness (QED) is 0.0376. The van der Waals surface area contributed by atoms with Crippen LogP contribution in [0, 0.1) is 82.9 Å². The van der Waals surface area contributed by atoms with Gasteiger partial charge in [0, 0.05) is 0 Å². The molecule has 0 bridgehead atoms. The molecule has 424 valence electrons. The van der Waals surface area contributed by atoms with Gasteiger partial charge in [0.25, 0.3) is 0 Å². The number of hydrogen-bond donors (Lipinski definition) is 0. The van der Waals surface area contributed by atoms with Crippen molar-refractivity contribution in [2.75, 3.05) is 8.86 Å². The minimum Gasteiger partial charge on any atom is -0.348 e. The van der Waals surface area contributed by atoms with Crippen molar-refractivity contribution < 1.29 is 14.2 Å². The zero-order chi connectivity index (χ0) is 54.0. The highest BCUT2D eigenvalue weighted by Crippen LogP contribution is 2.34. The highest BCUT2D eigenvalue weighted by molar-refractivity contribution is 14.1. The zero-order valence-corrected chi connectivity index (χ0v) is 54.7. The first-order valence-electron chi connectivity index (χ1n) is 30.9. The fraction of sp³-hybridized carbons (Fsp3) is 0.824. The molecule has 0 fully saturated rings. The maximum absolute atomic E-state index is 6.91. The van der Waals surface area contributed by atoms with Crippen LogP contribution in [0.4, 0.5) is 0 Å². The topological polar surface area (TPSA) is 27.7 Å². The number of halogens is 2. The smallest absolute Gasteiger partial charge is 0.161 e. The van der Waals surface area contributed by atoms with Gasteiger partial charge < -0.3 is 14.2 Å². The molecular weight excluding hydrogens is 1120 g/mol. The van der Waals surface area contributed by atoms with Crippen molar-refractivity contribution in [3.63, 3.8) is 0 Å². The van der Waals surface area contributed by atoms with Crippen LogP contribution >= 0.6 is 45.2 Å². The number of ether oxygens (including phenoxy) is 3. The van der Waals surface area contributed by atoms with Crippen molar-refractivity contribution in [2.24, 2.45) is 82.9 Å². The monoisotopic (exact) mass is 1240 g/mol. The van der Waals surface area contributed by atoms with Crippen molar-refractivity contribution >= 4 is 45.2 Å². The molecule has 0 saturated heterocycles. The van der Waals surface area contributed by atoms with E-state index in [2.05, 4.69) is 203 Å². The lowest BCUT2D eigenvalue weighted by Gasteiger charge is -2.27. The SMILES string of the molecule is CC(CCCI)CC(C)CC(C)CC(C)CC(C)CC(C)CC(C)CCCC(OCc1ccccc1)OC(CCCC(C)CC(C)CC(C)CC(C)CC(C)CC(C)CC(C)CCCI)OCc1ccccc1. The van der Waals surface area contributed by atoms with Crippen LogP contribution in [0.25, 0.3) is 0 Å². The maximum atomic E-state index is 6.91. The summed E-state index contributed by atoms with van der Waals surface area (Å²) < 4.78 is 22.8. The molecule has 0 aromatic heterocycles. The van der Waals surface area contributed by atoms with Crippen molar-refractivity contribution in [1.29, 1.82) is 0 Å². The van der Waals surface area contributed by atoms with E-state index in [-0.39, 0.29) is 12.6 Å². The molecule has 0 aliphatic heterocycles. The van der Waals surface area contributed by atoms with Gasteiger partial charge >= 0.3 is 0 Å². The van der Waals surface area contributed by atoms with Crippen molar-refractivity contribution in [1.82, 2.24) is 0 Å². The fourth-order valence-corrected chi connectivity index (χ4v) is 14.8. The molecule has 5 heteroatoms. The molecule has 3 nitrogen and oxygen atoms in total. The Balaban J connectivity index is 1.90. The second kappa shape index (κ2) is 41.8. The number of rotatable bonds is 46. The summed E-state index contributed by atoms with van der Waals surface area (Å²) in [6.07, 6.45) is 27.7. The molecule has 2 aromatic carbocycles. The first kappa shape index (κ1) is 68.9. The summed E-state index contributed by atoms with van der Waals surface area (Å²) in [6, 6.07) is 21.2. The molecule has 73 heavy (non-hydrogen) atoms. The highest BCUT2D eigenvalue weighted by atomic mass is 127. The van der Waals surface area contributed by atoms with Gasteiger partial charge in [-0.1, -0.05) is 216 Å². The summed E-state index contributed by atoms with van der Waals surface area (Å²) in [6.45, 7) is 36.1. The number of benzene rings is 2. The standard InChI is InChI=1S/C68H120I2O3/c1-51(37-55(5)41-59(9)45-63(13)47-61(11)43-57(7)39-53(3)27-23-35-69)25-21-33-67(71-49-65-29-17-15-18-30-65)73-68(72-50-66-31-19-16-20-32-66)34-22-26-52(2)38-56(6)42-60(10)46-64(14)48-62(12)44-58(8)40-54(4)28-24-36-70/h15-20,29-32,51-64,67-68H,21-28,33-50H2,1-14H3. The Morgan fingerprint density at radius 2 is 0.507 bits per heavy atom. The minimum absolute atomic E-state index is 0.298. The Kier molecular flexibility index (Phi) is 39.4. The predicted molar refractivity (Wildman–Crippen MR) is 339 cm³/mol. The van der Waals surface area contributed by atoms with Gasteiger partial charge in [-0.3, -0.25) is 0 Å². The highest BCUT2D eigenvalue weighted by Gasteiger charge is 2.23. The molecule has 0 saturated carbocycles. The van der Waals surface area contributed by atoms with E-state index in [0.717, 1.165) is 96.7 Å². The van der Waals surface area contributed by atoms with Gasteiger partial charge in [0.1, 0.15) is 0 Å². The summed E-state index contributed by atoms with van der Waals surface area (Å²) in [5.74, 6) is 11.2. The zero-order valence-electron chi connectivity index (χ0n) is 50.4. The van der Waals surface area contributed by atoms with Crippen LogP contribution in [0.2, 0.25) is 0 Å². The minimum atomic E-state index is -0.298. The molecule has 0 radical (unpaired) electrons. The molecule has 0 amide bonds. The maximum Gasteiger partial charge on any atom is 0.161 e. The lowest BCUT2D eigenvalue weighted by Crippen LogP contribution is -2.27. The van der Waals surface area contributed by atoms with Gasteiger partial charge in [-0.2, -0.15) is 0 Å². The summed E-state index contributed by atoms with van der Waals surface area (Å²) >= 11 is 5.06. The first-order valence-corrected chi connectivity index (χ1v) is 34.0. The van der Waals surface area contributed by atoms with E-state index in [1.54, 1.807) is 0 Å². The van der Waals surface area contributed by atoms with Crippen molar-refractivity contribution in [2.45, 2.75) is 264 Å². The summed E-state index contributed by atoms with van der Waals surface area (Å²) in [4.78, 5) is 0. The summed E-state index contributed by atoms with van der Waals surface area (Å²) in [7, 11) is 0. The molecule has 16 atom stereocenters. The van der Waals surface area contributed by atoms with Gasteiger partial charge in [0.2, 0.25) is 0 Å². The molecule has 0 N–H and O–H groups in total. The van der Waals surface area contributed by atoms with Gasteiger partial charge in [-0.05, 0) is 231 Å². The third-order valence-corrected chi connectivity index (χ3v) is 18.0. The van der Waals surface area contributed by atoms with Gasteiger partial charge in [-0.15, -0.1) is 0 Å². The van der Waals surface area contributed by atoms with E-state index in [4.69, 9.17) is 14.2 Å². The first-order chi connectivity index (χ1) is 34.8. The number of alkyl halides is 2. The normalized spacial score (nSPS) is 18.8. The van der Waals surface area contributed by atoms with Crippen molar-refractivity contribution in [3.8, 4) is 0 Å². The fourth-order valence-electron chi connectivity index (χ4n) is 13.9. The molecular formula is C68H120I2O3. The Labute approximate surface area is 483 Å².